The molecule has 9 heteroatoms. The number of aryl methyl sites for hydroxylation is 1. The number of aromatic nitrogens is 5. The summed E-state index contributed by atoms with van der Waals surface area (Å²) in [5.41, 5.74) is 7.67. The molecule has 4 rings (SSSR count). The summed E-state index contributed by atoms with van der Waals surface area (Å²) >= 11 is 0. The molecule has 27 heavy (non-hydrogen) atoms. The first kappa shape index (κ1) is 17.2. The van der Waals surface area contributed by atoms with E-state index in [1.54, 1.807) is 29.0 Å². The molecule has 0 aromatic carbocycles. The summed E-state index contributed by atoms with van der Waals surface area (Å²) in [4.78, 5) is 27.2. The molecule has 3 N–H and O–H groups in total. The summed E-state index contributed by atoms with van der Waals surface area (Å²) in [6.45, 7) is 4.32. The van der Waals surface area contributed by atoms with Gasteiger partial charge in [-0.15, -0.1) is 0 Å². The number of nitrogens with two attached hydrogens (primary N) is 1. The topological polar surface area (TPSA) is 114 Å². The van der Waals surface area contributed by atoms with Gasteiger partial charge in [-0.2, -0.15) is 10.1 Å². The van der Waals surface area contributed by atoms with Crippen LogP contribution in [-0.4, -0.2) is 50.1 Å². The van der Waals surface area contributed by atoms with Crippen LogP contribution < -0.4 is 16.0 Å². The highest BCUT2D eigenvalue weighted by Gasteiger charge is 2.22. The van der Waals surface area contributed by atoms with Crippen LogP contribution >= 0.6 is 0 Å². The Morgan fingerprint density at radius 1 is 1.30 bits per heavy atom. The molecular formula is C18H22N8O. The second kappa shape index (κ2) is 7.18. The average molecular weight is 366 g/mol. The molecule has 0 unspecified atom stereocenters. The molecule has 0 aliphatic carbocycles. The largest absolute Gasteiger partial charge is 0.368 e. The molecule has 1 aliphatic rings. The van der Waals surface area contributed by atoms with Crippen LogP contribution in [0.25, 0.3) is 5.65 Å². The smallest absolute Gasteiger partial charge is 0.271 e. The van der Waals surface area contributed by atoms with Gasteiger partial charge in [-0.1, -0.05) is 0 Å². The number of carbonyl (C=O) groups is 1. The third-order valence-electron chi connectivity index (χ3n) is 4.82. The second-order valence-electron chi connectivity index (χ2n) is 6.82. The van der Waals surface area contributed by atoms with Crippen molar-refractivity contribution in [1.29, 1.82) is 0 Å². The van der Waals surface area contributed by atoms with Gasteiger partial charge in [0.25, 0.3) is 5.91 Å². The molecule has 0 bridgehead atoms. The second-order valence-corrected chi connectivity index (χ2v) is 6.82. The molecule has 1 aliphatic heterocycles. The molecule has 0 radical (unpaired) electrons. The van der Waals surface area contributed by atoms with E-state index < -0.39 is 0 Å². The van der Waals surface area contributed by atoms with Gasteiger partial charge in [0.05, 0.1) is 0 Å². The van der Waals surface area contributed by atoms with E-state index in [2.05, 4.69) is 30.3 Å². The van der Waals surface area contributed by atoms with Crippen LogP contribution in [0.3, 0.4) is 0 Å². The fourth-order valence-electron chi connectivity index (χ4n) is 3.37. The number of nitrogens with zero attached hydrogens (tertiary/aromatic N) is 6. The van der Waals surface area contributed by atoms with Crippen LogP contribution in [0.1, 0.15) is 29.0 Å². The number of nitrogens with one attached hydrogen (secondary N) is 1. The molecule has 0 atom stereocenters. The number of amides is 1. The van der Waals surface area contributed by atoms with Gasteiger partial charge in [0.2, 0.25) is 5.95 Å². The van der Waals surface area contributed by atoms with E-state index in [1.165, 1.54) is 0 Å². The molecule has 4 heterocycles. The predicted octanol–water partition coefficient (Wildman–Crippen LogP) is 1.06. The predicted molar refractivity (Wildman–Crippen MR) is 101 cm³/mol. The highest BCUT2D eigenvalue weighted by molar-refractivity contribution is 5.93. The lowest BCUT2D eigenvalue weighted by Crippen LogP contribution is -2.39. The first-order valence-electron chi connectivity index (χ1n) is 9.03. The molecular weight excluding hydrogens is 344 g/mol. The number of hydrogen-bond acceptors (Lipinski definition) is 7. The average Bonchev–Trinajstić information content (AvgIpc) is 3.10. The maximum Gasteiger partial charge on any atom is 0.271 e. The number of anilines is 2. The zero-order valence-electron chi connectivity index (χ0n) is 15.2. The fourth-order valence-corrected chi connectivity index (χ4v) is 3.37. The van der Waals surface area contributed by atoms with E-state index in [0.717, 1.165) is 37.4 Å². The lowest BCUT2D eigenvalue weighted by molar-refractivity contribution is 0.0939. The number of rotatable bonds is 4. The van der Waals surface area contributed by atoms with Crippen molar-refractivity contribution in [3.63, 3.8) is 0 Å². The Bertz CT molecular complexity index is 908. The molecule has 3 aromatic heterocycles. The number of nitrogen functional groups attached to an aromatic ring is 1. The SMILES string of the molecule is Cc1cc(N2CCC(CNC(=O)c3cc4ncccn4n3)CC2)nc(N)n1. The van der Waals surface area contributed by atoms with Gasteiger partial charge >= 0.3 is 0 Å². The molecule has 140 valence electrons. The van der Waals surface area contributed by atoms with Crippen molar-refractivity contribution in [3.05, 3.63) is 42.0 Å². The zero-order valence-corrected chi connectivity index (χ0v) is 15.2. The van der Waals surface area contributed by atoms with Gasteiger partial charge in [-0.05, 0) is 31.7 Å². The van der Waals surface area contributed by atoms with Gasteiger partial charge < -0.3 is 16.0 Å². The maximum atomic E-state index is 12.4. The first-order chi connectivity index (χ1) is 13.1. The Balaban J connectivity index is 1.30. The number of carbonyl (C=O) groups excluding carboxylic acids is 1. The highest BCUT2D eigenvalue weighted by Crippen LogP contribution is 2.22. The lowest BCUT2D eigenvalue weighted by atomic mass is 9.96. The first-order valence-corrected chi connectivity index (χ1v) is 9.03. The minimum absolute atomic E-state index is 0.165. The van der Waals surface area contributed by atoms with Crippen LogP contribution in [0.2, 0.25) is 0 Å². The van der Waals surface area contributed by atoms with Crippen molar-refractivity contribution in [1.82, 2.24) is 29.9 Å². The van der Waals surface area contributed by atoms with Crippen molar-refractivity contribution in [2.24, 2.45) is 5.92 Å². The van der Waals surface area contributed by atoms with E-state index in [-0.39, 0.29) is 5.91 Å². The van der Waals surface area contributed by atoms with Crippen LogP contribution in [0.4, 0.5) is 11.8 Å². The Hall–Kier alpha value is -3.23. The Labute approximate surface area is 156 Å². The van der Waals surface area contributed by atoms with Crippen molar-refractivity contribution in [2.75, 3.05) is 30.3 Å². The Morgan fingerprint density at radius 3 is 2.85 bits per heavy atom. The van der Waals surface area contributed by atoms with Gasteiger partial charge in [-0.25, -0.2) is 14.5 Å². The van der Waals surface area contributed by atoms with Crippen LogP contribution in [0.5, 0.6) is 0 Å². The third-order valence-corrected chi connectivity index (χ3v) is 4.82. The number of piperidine rings is 1. The summed E-state index contributed by atoms with van der Waals surface area (Å²) in [5.74, 6) is 1.45. The standard InChI is InChI=1S/C18H22N8O/c1-12-9-16(23-18(19)22-12)25-7-3-13(4-8-25)11-21-17(27)14-10-15-20-5-2-6-26(15)24-14/h2,5-6,9-10,13H,3-4,7-8,11H2,1H3,(H,21,27)(H2,19,22,23). The van der Waals surface area contributed by atoms with E-state index >= 15 is 0 Å². The molecule has 1 saturated heterocycles. The summed E-state index contributed by atoms with van der Waals surface area (Å²) in [5, 5.41) is 7.25. The van der Waals surface area contributed by atoms with Crippen molar-refractivity contribution in [3.8, 4) is 0 Å². The molecule has 1 fully saturated rings. The molecule has 1 amide bonds. The Morgan fingerprint density at radius 2 is 2.11 bits per heavy atom. The summed E-state index contributed by atoms with van der Waals surface area (Å²) in [6, 6.07) is 5.43. The minimum Gasteiger partial charge on any atom is -0.368 e. The fraction of sp³-hybridized carbons (Fsp3) is 0.389. The maximum absolute atomic E-state index is 12.4. The van der Waals surface area contributed by atoms with Crippen molar-refractivity contribution < 1.29 is 4.79 Å². The number of fused-ring (bicyclic) bond motifs is 1. The minimum atomic E-state index is -0.165. The quantitative estimate of drug-likeness (QED) is 0.709. The van der Waals surface area contributed by atoms with Gasteiger partial charge in [0.1, 0.15) is 5.82 Å². The normalized spacial score (nSPS) is 15.2. The van der Waals surface area contributed by atoms with E-state index in [0.29, 0.717) is 29.8 Å². The Kier molecular flexibility index (Phi) is 4.57. The van der Waals surface area contributed by atoms with Crippen molar-refractivity contribution in [2.45, 2.75) is 19.8 Å². The van der Waals surface area contributed by atoms with Gasteiger partial charge in [-0.3, -0.25) is 4.79 Å². The summed E-state index contributed by atoms with van der Waals surface area (Å²) < 4.78 is 1.60. The zero-order chi connectivity index (χ0) is 18.8. The van der Waals surface area contributed by atoms with Crippen molar-refractivity contribution >= 4 is 23.3 Å². The van der Waals surface area contributed by atoms with E-state index in [4.69, 9.17) is 5.73 Å². The van der Waals surface area contributed by atoms with E-state index in [1.807, 2.05) is 13.0 Å². The highest BCUT2D eigenvalue weighted by atomic mass is 16.1. The van der Waals surface area contributed by atoms with Crippen LogP contribution in [-0.2, 0) is 0 Å². The third kappa shape index (κ3) is 3.81. The summed E-state index contributed by atoms with van der Waals surface area (Å²) in [7, 11) is 0. The molecule has 0 saturated carbocycles. The van der Waals surface area contributed by atoms with E-state index in [9.17, 15) is 4.79 Å². The molecule has 0 spiro atoms. The van der Waals surface area contributed by atoms with Gasteiger partial charge in [0, 0.05) is 49.9 Å². The van der Waals surface area contributed by atoms with Crippen LogP contribution in [0, 0.1) is 12.8 Å². The summed E-state index contributed by atoms with van der Waals surface area (Å²) in [6.07, 6.45) is 5.42. The monoisotopic (exact) mass is 366 g/mol. The molecule has 9 nitrogen and oxygen atoms in total. The molecule has 3 aromatic rings. The lowest BCUT2D eigenvalue weighted by Gasteiger charge is -2.33. The number of hydrogen-bond donors (Lipinski definition) is 2. The van der Waals surface area contributed by atoms with Gasteiger partial charge in [0.15, 0.2) is 11.3 Å². The van der Waals surface area contributed by atoms with Crippen LogP contribution in [0.15, 0.2) is 30.6 Å².